The fourth-order valence-electron chi connectivity index (χ4n) is 6.15. The van der Waals surface area contributed by atoms with Crippen LogP contribution in [0.25, 0.3) is 22.2 Å². The van der Waals surface area contributed by atoms with E-state index in [2.05, 4.69) is 4.98 Å². The molecule has 2 aromatic heterocycles. The summed E-state index contributed by atoms with van der Waals surface area (Å²) in [4.78, 5) is 37.2. The van der Waals surface area contributed by atoms with E-state index in [1.54, 1.807) is 32.3 Å². The van der Waals surface area contributed by atoms with Crippen molar-refractivity contribution >= 4 is 16.8 Å². The van der Waals surface area contributed by atoms with Gasteiger partial charge in [-0.25, -0.2) is 4.98 Å². The molecule has 2 aromatic carbocycles. The molecule has 1 aliphatic carbocycles. The molecule has 1 atom stereocenters. The van der Waals surface area contributed by atoms with Crippen LogP contribution in [0.3, 0.4) is 0 Å². The van der Waals surface area contributed by atoms with Crippen LogP contribution in [0.15, 0.2) is 53.3 Å². The van der Waals surface area contributed by atoms with Crippen molar-refractivity contribution in [1.29, 1.82) is 0 Å². The van der Waals surface area contributed by atoms with Crippen LogP contribution in [0.1, 0.15) is 52.9 Å². The number of benzene rings is 2. The Balaban J connectivity index is 1.47. The first-order chi connectivity index (χ1) is 21.0. The van der Waals surface area contributed by atoms with Gasteiger partial charge in [0, 0.05) is 42.4 Å². The van der Waals surface area contributed by atoms with E-state index in [4.69, 9.17) is 23.9 Å². The Labute approximate surface area is 250 Å². The van der Waals surface area contributed by atoms with Crippen LogP contribution >= 0.6 is 0 Å². The summed E-state index contributed by atoms with van der Waals surface area (Å²) < 4.78 is 22.6. The van der Waals surface area contributed by atoms with Crippen LogP contribution in [-0.4, -0.2) is 61.4 Å². The molecule has 0 unspecified atom stereocenters. The number of hydrogen-bond acceptors (Lipinski definition) is 7. The lowest BCUT2D eigenvalue weighted by Gasteiger charge is -2.27. The van der Waals surface area contributed by atoms with Crippen molar-refractivity contribution in [3.05, 3.63) is 81.3 Å². The fourth-order valence-corrected chi connectivity index (χ4v) is 6.15. The molecule has 1 fully saturated rings. The highest BCUT2D eigenvalue weighted by atomic mass is 16.5. The van der Waals surface area contributed by atoms with Gasteiger partial charge in [-0.05, 0) is 80.0 Å². The lowest BCUT2D eigenvalue weighted by Crippen LogP contribution is -2.40. The van der Waals surface area contributed by atoms with Crippen molar-refractivity contribution in [1.82, 2.24) is 14.9 Å². The highest BCUT2D eigenvalue weighted by molar-refractivity contribution is 5.94. The number of aryl methyl sites for hydroxylation is 2. The van der Waals surface area contributed by atoms with Crippen LogP contribution in [0.2, 0.25) is 0 Å². The van der Waals surface area contributed by atoms with Gasteiger partial charge in [-0.1, -0.05) is 12.1 Å². The number of fused-ring (bicyclic) bond motifs is 2. The maximum absolute atomic E-state index is 14.2. The predicted molar refractivity (Wildman–Crippen MR) is 164 cm³/mol. The molecule has 0 bridgehead atoms. The van der Waals surface area contributed by atoms with Crippen LogP contribution in [0, 0.1) is 0 Å². The quantitative estimate of drug-likeness (QED) is 0.285. The minimum Gasteiger partial charge on any atom is -0.497 e. The summed E-state index contributed by atoms with van der Waals surface area (Å²) in [7, 11) is 4.82. The number of H-pyrrole nitrogens is 1. The van der Waals surface area contributed by atoms with Gasteiger partial charge >= 0.3 is 0 Å². The Morgan fingerprint density at radius 2 is 1.81 bits per heavy atom. The number of hydrogen-bond donors (Lipinski definition) is 1. The molecule has 224 valence electrons. The van der Waals surface area contributed by atoms with Gasteiger partial charge < -0.3 is 28.8 Å². The predicted octanol–water partition coefficient (Wildman–Crippen LogP) is 5.32. The van der Waals surface area contributed by atoms with E-state index in [0.717, 1.165) is 71.8 Å². The summed E-state index contributed by atoms with van der Waals surface area (Å²) in [5, 5.41) is 0.843. The van der Waals surface area contributed by atoms with Crippen LogP contribution in [-0.2, 0) is 24.1 Å². The summed E-state index contributed by atoms with van der Waals surface area (Å²) >= 11 is 0. The standard InChI is InChI=1S/C34H37N3O6/c1-40-25-10-6-9-22(15-25)32-24(14-23-17-30(41-2)31(42-3)18-29(23)35-32)19-37(20-26-11-7-13-43-26)34(39)27-16-21-8-4-5-12-28(21)36-33(27)38/h6,9-10,14-18,26H,4-5,7-8,11-13,19-20H2,1-3H3,(H,36,38)/t26-/m1/s1. The van der Waals surface area contributed by atoms with Crippen LogP contribution in [0.4, 0.5) is 0 Å². The monoisotopic (exact) mass is 583 g/mol. The zero-order valence-corrected chi connectivity index (χ0v) is 24.9. The minimum absolute atomic E-state index is 0.0984. The fraction of sp³-hybridized carbons (Fsp3) is 0.382. The first-order valence-electron chi connectivity index (χ1n) is 14.8. The second-order valence-electron chi connectivity index (χ2n) is 11.2. The average molecular weight is 584 g/mol. The number of methoxy groups -OCH3 is 3. The van der Waals surface area contributed by atoms with Gasteiger partial charge in [0.2, 0.25) is 0 Å². The van der Waals surface area contributed by atoms with Gasteiger partial charge in [0.15, 0.2) is 11.5 Å². The second-order valence-corrected chi connectivity index (χ2v) is 11.2. The Hall–Kier alpha value is -4.37. The third-order valence-corrected chi connectivity index (χ3v) is 8.41. The molecule has 0 saturated carbocycles. The van der Waals surface area contributed by atoms with Crippen LogP contribution in [0.5, 0.6) is 17.2 Å². The molecule has 1 N–H and O–H groups in total. The molecule has 0 radical (unpaired) electrons. The van der Waals surface area contributed by atoms with Gasteiger partial charge in [0.05, 0.1) is 38.6 Å². The molecule has 1 amide bonds. The smallest absolute Gasteiger partial charge is 0.261 e. The van der Waals surface area contributed by atoms with Gasteiger partial charge in [0.1, 0.15) is 11.3 Å². The van der Waals surface area contributed by atoms with Crippen molar-refractivity contribution in [2.24, 2.45) is 0 Å². The molecule has 6 rings (SSSR count). The third-order valence-electron chi connectivity index (χ3n) is 8.41. The molecular formula is C34H37N3O6. The Kier molecular flexibility index (Phi) is 8.33. The van der Waals surface area contributed by atoms with Crippen molar-refractivity contribution < 1.29 is 23.7 Å². The van der Waals surface area contributed by atoms with Gasteiger partial charge in [-0.2, -0.15) is 0 Å². The van der Waals surface area contributed by atoms with E-state index < -0.39 is 0 Å². The van der Waals surface area contributed by atoms with Crippen LogP contribution < -0.4 is 19.8 Å². The lowest BCUT2D eigenvalue weighted by atomic mass is 9.94. The summed E-state index contributed by atoms with van der Waals surface area (Å²) in [5.41, 5.74) is 4.94. The molecule has 2 aliphatic rings. The number of pyridine rings is 2. The second kappa shape index (κ2) is 12.5. The molecule has 1 aliphatic heterocycles. The highest BCUT2D eigenvalue weighted by Gasteiger charge is 2.28. The number of carbonyl (C=O) groups is 1. The molecule has 3 heterocycles. The van der Waals surface area contributed by atoms with Crippen molar-refractivity contribution in [3.63, 3.8) is 0 Å². The normalized spacial score (nSPS) is 16.1. The van der Waals surface area contributed by atoms with Gasteiger partial charge in [0.25, 0.3) is 11.5 Å². The first-order valence-corrected chi connectivity index (χ1v) is 14.8. The number of rotatable bonds is 9. The third kappa shape index (κ3) is 5.95. The Morgan fingerprint density at radius 3 is 2.58 bits per heavy atom. The van der Waals surface area contributed by atoms with Crippen molar-refractivity contribution in [2.45, 2.75) is 51.2 Å². The Bertz CT molecular complexity index is 1710. The number of aromatic amines is 1. The molecule has 0 spiro atoms. The van der Waals surface area contributed by atoms with E-state index in [0.29, 0.717) is 36.1 Å². The zero-order valence-electron chi connectivity index (χ0n) is 24.9. The van der Waals surface area contributed by atoms with E-state index in [1.165, 1.54) is 0 Å². The molecule has 9 heteroatoms. The topological polar surface area (TPSA) is 103 Å². The van der Waals surface area contributed by atoms with Gasteiger partial charge in [-0.3, -0.25) is 9.59 Å². The number of nitrogens with zero attached hydrogens (tertiary/aromatic N) is 2. The molecular weight excluding hydrogens is 546 g/mol. The SMILES string of the molecule is COc1cccc(-c2nc3cc(OC)c(OC)cc3cc2CN(C[C@H]2CCCO2)C(=O)c2cc3c([nH]c2=O)CCCC3)c1. The summed E-state index contributed by atoms with van der Waals surface area (Å²) in [5.74, 6) is 1.55. The number of amides is 1. The number of nitrogens with one attached hydrogen (secondary N) is 1. The van der Waals surface area contributed by atoms with Crippen molar-refractivity contribution in [2.75, 3.05) is 34.5 Å². The molecule has 43 heavy (non-hydrogen) atoms. The Morgan fingerprint density at radius 1 is 1.00 bits per heavy atom. The largest absolute Gasteiger partial charge is 0.497 e. The van der Waals surface area contributed by atoms with Crippen molar-refractivity contribution in [3.8, 4) is 28.5 Å². The van der Waals surface area contributed by atoms with Gasteiger partial charge in [-0.15, -0.1) is 0 Å². The number of aromatic nitrogens is 2. The summed E-state index contributed by atoms with van der Waals surface area (Å²) in [6.45, 7) is 1.27. The summed E-state index contributed by atoms with van der Waals surface area (Å²) in [6, 6.07) is 15.3. The number of ether oxygens (including phenoxy) is 4. The van der Waals surface area contributed by atoms with E-state index in [1.807, 2.05) is 42.5 Å². The first kappa shape index (κ1) is 28.7. The highest BCUT2D eigenvalue weighted by Crippen LogP contribution is 2.35. The minimum atomic E-state index is -0.343. The number of carbonyl (C=O) groups excluding carboxylic acids is 1. The molecule has 1 saturated heterocycles. The molecule has 9 nitrogen and oxygen atoms in total. The maximum atomic E-state index is 14.2. The van der Waals surface area contributed by atoms with E-state index in [-0.39, 0.29) is 29.7 Å². The van der Waals surface area contributed by atoms with E-state index >= 15 is 0 Å². The lowest BCUT2D eigenvalue weighted by molar-refractivity contribution is 0.0506. The van der Waals surface area contributed by atoms with E-state index in [9.17, 15) is 9.59 Å². The zero-order chi connectivity index (χ0) is 29.9. The summed E-state index contributed by atoms with van der Waals surface area (Å²) in [6.07, 6.45) is 5.49. The average Bonchev–Trinajstić information content (AvgIpc) is 3.56. The maximum Gasteiger partial charge on any atom is 0.261 e. The molecule has 4 aromatic rings.